The van der Waals surface area contributed by atoms with Gasteiger partial charge >= 0.3 is 0 Å². The molecule has 5 heteroatoms. The predicted octanol–water partition coefficient (Wildman–Crippen LogP) is 6.47. The quantitative estimate of drug-likeness (QED) is 0.203. The summed E-state index contributed by atoms with van der Waals surface area (Å²) in [4.78, 5) is 4.56. The smallest absolute Gasteiger partial charge is 0.131 e. The molecule has 4 heterocycles. The van der Waals surface area contributed by atoms with Crippen molar-refractivity contribution in [2.45, 2.75) is 38.1 Å². The normalized spacial score (nSPS) is 24.8. The van der Waals surface area contributed by atoms with Gasteiger partial charge in [0.2, 0.25) is 0 Å². The molecule has 1 aromatic heterocycles. The molecule has 3 fully saturated rings. The van der Waals surface area contributed by atoms with Crippen LogP contribution in [0.25, 0.3) is 10.9 Å². The van der Waals surface area contributed by atoms with Crippen LogP contribution in [0.3, 0.4) is 0 Å². The van der Waals surface area contributed by atoms with Crippen molar-refractivity contribution in [2.24, 2.45) is 11.8 Å². The van der Waals surface area contributed by atoms with Crippen LogP contribution in [0.4, 0.5) is 0 Å². The lowest BCUT2D eigenvalue weighted by Crippen LogP contribution is -2.67. The van der Waals surface area contributed by atoms with E-state index in [1.54, 1.807) is 7.11 Å². The van der Waals surface area contributed by atoms with Crippen molar-refractivity contribution < 1.29 is 19.1 Å². The lowest BCUT2D eigenvalue weighted by atomic mass is 9.71. The summed E-state index contributed by atoms with van der Waals surface area (Å²) >= 11 is 0. The Hall–Kier alpha value is -3.67. The Bertz CT molecular complexity index is 1460. The maximum Gasteiger partial charge on any atom is 0.131 e. The zero-order valence-electron chi connectivity index (χ0n) is 22.6. The molecule has 0 aliphatic carbocycles. The van der Waals surface area contributed by atoms with Crippen LogP contribution in [0.1, 0.15) is 35.6 Å². The van der Waals surface area contributed by atoms with Crippen molar-refractivity contribution in [3.8, 4) is 11.5 Å². The first-order chi connectivity index (χ1) is 19.1. The van der Waals surface area contributed by atoms with Crippen LogP contribution in [0.2, 0.25) is 0 Å². The first-order valence-corrected chi connectivity index (χ1v) is 13.9. The highest BCUT2D eigenvalue weighted by Gasteiger charge is 2.54. The first kappa shape index (κ1) is 25.6. The van der Waals surface area contributed by atoms with E-state index in [0.29, 0.717) is 18.4 Å². The van der Waals surface area contributed by atoms with Crippen LogP contribution in [-0.4, -0.2) is 40.8 Å². The van der Waals surface area contributed by atoms with E-state index in [-0.39, 0.29) is 6.04 Å². The van der Waals surface area contributed by atoms with Gasteiger partial charge in [-0.1, -0.05) is 48.5 Å². The molecule has 0 spiro atoms. The van der Waals surface area contributed by atoms with Gasteiger partial charge in [0, 0.05) is 35.9 Å². The molecule has 7 rings (SSSR count). The second kappa shape index (κ2) is 10.8. The van der Waals surface area contributed by atoms with Gasteiger partial charge in [-0.2, -0.15) is 0 Å². The Morgan fingerprint density at radius 3 is 2.72 bits per heavy atom. The van der Waals surface area contributed by atoms with E-state index in [4.69, 9.17) is 9.47 Å². The summed E-state index contributed by atoms with van der Waals surface area (Å²) in [5, 5.41) is 13.1. The van der Waals surface area contributed by atoms with Gasteiger partial charge in [-0.15, -0.1) is 6.58 Å². The van der Waals surface area contributed by atoms with Crippen molar-refractivity contribution in [1.29, 1.82) is 0 Å². The number of aliphatic hydroxyl groups is 1. The van der Waals surface area contributed by atoms with Crippen molar-refractivity contribution >= 4 is 10.9 Å². The van der Waals surface area contributed by atoms with Crippen LogP contribution < -0.4 is 9.47 Å². The van der Waals surface area contributed by atoms with E-state index in [9.17, 15) is 5.11 Å². The highest BCUT2D eigenvalue weighted by molar-refractivity contribution is 5.83. The minimum atomic E-state index is -0.617. The number of piperidine rings is 3. The van der Waals surface area contributed by atoms with Gasteiger partial charge in [0.05, 0.1) is 25.7 Å². The number of hydrogen-bond donors (Lipinski definition) is 1. The molecular formula is C34H37N2O3+. The van der Waals surface area contributed by atoms with Crippen molar-refractivity contribution in [3.63, 3.8) is 0 Å². The summed E-state index contributed by atoms with van der Waals surface area (Å²) in [6.07, 6.45) is 5.46. The number of nitrogens with zero attached hydrogens (tertiary/aromatic N) is 2. The number of fused-ring (bicyclic) bond motifs is 4. The number of quaternary nitrogens is 1. The van der Waals surface area contributed by atoms with E-state index in [1.165, 1.54) is 5.56 Å². The SMILES string of the molecule is C=C[C@H]1C[N+]2(Cc3ccccc3OCc3ccccc3)CCC1C[C@H]2[C@H](O)c1ccnc2ccc(OC)cc12. The number of aromatic nitrogens is 1. The summed E-state index contributed by atoms with van der Waals surface area (Å²) in [7, 11) is 1.67. The lowest BCUT2D eigenvalue weighted by Gasteiger charge is -2.58. The summed E-state index contributed by atoms with van der Waals surface area (Å²) < 4.78 is 12.7. The first-order valence-electron chi connectivity index (χ1n) is 13.9. The van der Waals surface area contributed by atoms with E-state index >= 15 is 0 Å². The number of benzene rings is 3. The summed E-state index contributed by atoms with van der Waals surface area (Å²) in [6.45, 7) is 7.56. The van der Waals surface area contributed by atoms with Gasteiger partial charge in [0.25, 0.3) is 0 Å². The average molecular weight is 522 g/mol. The molecule has 0 amide bonds. The van der Waals surface area contributed by atoms with Crippen LogP contribution in [0.5, 0.6) is 11.5 Å². The van der Waals surface area contributed by atoms with E-state index in [0.717, 1.165) is 70.5 Å². The maximum atomic E-state index is 12.1. The number of para-hydroxylation sites is 1. The molecule has 3 aromatic carbocycles. The Kier molecular flexibility index (Phi) is 7.11. The molecule has 200 valence electrons. The second-order valence-corrected chi connectivity index (χ2v) is 11.1. The minimum Gasteiger partial charge on any atom is -0.497 e. The number of methoxy groups -OCH3 is 1. The monoisotopic (exact) mass is 521 g/mol. The molecule has 1 N–H and O–H groups in total. The average Bonchev–Trinajstić information content (AvgIpc) is 3.00. The fraction of sp³-hybridized carbons (Fsp3) is 0.324. The minimum absolute atomic E-state index is 0.0685. The van der Waals surface area contributed by atoms with Crippen LogP contribution in [0, 0.1) is 11.8 Å². The van der Waals surface area contributed by atoms with Crippen molar-refractivity contribution in [1.82, 2.24) is 4.98 Å². The number of rotatable bonds is 9. The number of hydrogen-bond acceptors (Lipinski definition) is 4. The van der Waals surface area contributed by atoms with Crippen LogP contribution >= 0.6 is 0 Å². The van der Waals surface area contributed by atoms with Gasteiger partial charge in [0.15, 0.2) is 0 Å². The Morgan fingerprint density at radius 2 is 1.90 bits per heavy atom. The second-order valence-electron chi connectivity index (χ2n) is 11.1. The van der Waals surface area contributed by atoms with Gasteiger partial charge in [0.1, 0.15) is 36.8 Å². The van der Waals surface area contributed by atoms with E-state index in [2.05, 4.69) is 48.0 Å². The molecule has 2 bridgehead atoms. The molecular weight excluding hydrogens is 484 g/mol. The third-order valence-corrected chi connectivity index (χ3v) is 9.04. The number of pyridine rings is 1. The van der Waals surface area contributed by atoms with Crippen LogP contribution in [-0.2, 0) is 13.2 Å². The largest absolute Gasteiger partial charge is 0.497 e. The molecule has 3 aliphatic heterocycles. The molecule has 2 unspecified atom stereocenters. The molecule has 4 aromatic rings. The predicted molar refractivity (Wildman–Crippen MR) is 154 cm³/mol. The molecule has 5 nitrogen and oxygen atoms in total. The highest BCUT2D eigenvalue weighted by Crippen LogP contribution is 2.48. The number of aliphatic hydroxyl groups excluding tert-OH is 1. The Morgan fingerprint density at radius 1 is 1.08 bits per heavy atom. The van der Waals surface area contributed by atoms with Crippen molar-refractivity contribution in [2.75, 3.05) is 20.2 Å². The lowest BCUT2D eigenvalue weighted by molar-refractivity contribution is -0.984. The fourth-order valence-electron chi connectivity index (χ4n) is 6.97. The van der Waals surface area contributed by atoms with Crippen molar-refractivity contribution in [3.05, 3.63) is 114 Å². The molecule has 39 heavy (non-hydrogen) atoms. The third-order valence-electron chi connectivity index (χ3n) is 9.04. The van der Waals surface area contributed by atoms with Crippen LogP contribution in [0.15, 0.2) is 97.7 Å². The van der Waals surface area contributed by atoms with Gasteiger partial charge in [-0.3, -0.25) is 4.98 Å². The standard InChI is InChI=1S/C34H37N2O3/c1-3-25-21-36(22-27-11-7-8-12-33(27)39-23-24-9-5-4-6-10-24)18-16-26(25)19-32(36)34(37)29-15-17-35-31-14-13-28(38-2)20-30(29)31/h3-15,17,20,25-26,32,34,37H,1,16,18-19,21-23H2,2H3/q+1/t25-,26?,32-,34+,36?/m0/s1. The molecule has 0 radical (unpaired) electrons. The van der Waals surface area contributed by atoms with Gasteiger partial charge in [-0.25, -0.2) is 0 Å². The Labute approximate surface area is 230 Å². The summed E-state index contributed by atoms with van der Waals surface area (Å²) in [5.41, 5.74) is 4.14. The van der Waals surface area contributed by atoms with Gasteiger partial charge < -0.3 is 19.1 Å². The third kappa shape index (κ3) is 4.93. The zero-order chi connectivity index (χ0) is 26.8. The van der Waals surface area contributed by atoms with Gasteiger partial charge in [-0.05, 0) is 53.4 Å². The molecule has 5 atom stereocenters. The number of ether oxygens (including phenoxy) is 2. The van der Waals surface area contributed by atoms with E-state index in [1.807, 2.05) is 54.7 Å². The molecule has 3 aliphatic rings. The maximum absolute atomic E-state index is 12.1. The highest BCUT2D eigenvalue weighted by atomic mass is 16.5. The topological polar surface area (TPSA) is 51.6 Å². The Balaban J connectivity index is 1.35. The summed E-state index contributed by atoms with van der Waals surface area (Å²) in [5.74, 6) is 2.70. The van der Waals surface area contributed by atoms with E-state index < -0.39 is 6.10 Å². The zero-order valence-corrected chi connectivity index (χ0v) is 22.6. The molecule has 3 saturated heterocycles. The fourth-order valence-corrected chi connectivity index (χ4v) is 6.97. The summed E-state index contributed by atoms with van der Waals surface area (Å²) in [6, 6.07) is 26.6. The molecule has 0 saturated carbocycles.